The summed E-state index contributed by atoms with van der Waals surface area (Å²) in [5.74, 6) is 0.146. The van der Waals surface area contributed by atoms with Gasteiger partial charge in [0.25, 0.3) is 5.91 Å². The number of nitrogens with zero attached hydrogens (tertiary/aromatic N) is 1. The summed E-state index contributed by atoms with van der Waals surface area (Å²) in [7, 11) is 0. The molecule has 0 fully saturated rings. The Bertz CT molecular complexity index is 540. The molecule has 1 amide bonds. The lowest BCUT2D eigenvalue weighted by Crippen LogP contribution is -2.10. The highest BCUT2D eigenvalue weighted by Gasteiger charge is 2.07. The van der Waals surface area contributed by atoms with Gasteiger partial charge in [0, 0.05) is 5.56 Å². The SMILES string of the molecule is CC(C)Cc1ccc(-c2cc(C(N)=O)[nH]n2)cc1. The molecule has 4 nitrogen and oxygen atoms in total. The maximum atomic E-state index is 11.0. The van der Waals surface area contributed by atoms with E-state index in [4.69, 9.17) is 5.73 Å². The predicted octanol–water partition coefficient (Wildman–Crippen LogP) is 2.37. The minimum atomic E-state index is -0.495. The molecule has 0 aliphatic rings. The average Bonchev–Trinajstić information content (AvgIpc) is 2.78. The lowest BCUT2D eigenvalue weighted by atomic mass is 10.0. The standard InChI is InChI=1S/C14H17N3O/c1-9(2)7-10-3-5-11(6-4-10)12-8-13(14(15)18)17-16-12/h3-6,8-9H,7H2,1-2H3,(H2,15,18)(H,16,17). The van der Waals surface area contributed by atoms with Crippen molar-refractivity contribution in [1.82, 2.24) is 10.2 Å². The van der Waals surface area contributed by atoms with Crippen LogP contribution in [0.3, 0.4) is 0 Å². The lowest BCUT2D eigenvalue weighted by molar-refractivity contribution is 0.0995. The number of nitrogens with two attached hydrogens (primary N) is 1. The monoisotopic (exact) mass is 243 g/mol. The summed E-state index contributed by atoms with van der Waals surface area (Å²) in [6.45, 7) is 4.39. The number of carbonyl (C=O) groups excluding carboxylic acids is 1. The molecular weight excluding hydrogens is 226 g/mol. The van der Waals surface area contributed by atoms with Gasteiger partial charge in [-0.25, -0.2) is 0 Å². The second-order valence-electron chi connectivity index (χ2n) is 4.83. The average molecular weight is 243 g/mol. The van der Waals surface area contributed by atoms with Crippen molar-refractivity contribution in [2.24, 2.45) is 11.7 Å². The summed E-state index contributed by atoms with van der Waals surface area (Å²) in [5.41, 5.74) is 8.52. The number of amides is 1. The first-order chi connectivity index (χ1) is 8.56. The van der Waals surface area contributed by atoms with E-state index in [0.717, 1.165) is 17.7 Å². The molecule has 1 aromatic heterocycles. The minimum absolute atomic E-state index is 0.330. The van der Waals surface area contributed by atoms with Gasteiger partial charge in [-0.2, -0.15) is 5.10 Å². The number of aromatic amines is 1. The van der Waals surface area contributed by atoms with Gasteiger partial charge in [0.15, 0.2) is 0 Å². The molecule has 1 aromatic carbocycles. The number of hydrogen-bond donors (Lipinski definition) is 2. The summed E-state index contributed by atoms with van der Waals surface area (Å²) < 4.78 is 0. The number of benzene rings is 1. The third kappa shape index (κ3) is 2.77. The van der Waals surface area contributed by atoms with Crippen LogP contribution in [0.15, 0.2) is 30.3 Å². The van der Waals surface area contributed by atoms with E-state index in [1.807, 2.05) is 12.1 Å². The number of H-pyrrole nitrogens is 1. The smallest absolute Gasteiger partial charge is 0.266 e. The fraction of sp³-hybridized carbons (Fsp3) is 0.286. The molecule has 4 heteroatoms. The highest BCUT2D eigenvalue weighted by Crippen LogP contribution is 2.19. The number of rotatable bonds is 4. The normalized spacial score (nSPS) is 10.8. The molecule has 0 saturated carbocycles. The quantitative estimate of drug-likeness (QED) is 0.865. The molecule has 0 atom stereocenters. The van der Waals surface area contributed by atoms with Crippen LogP contribution in [0.4, 0.5) is 0 Å². The molecule has 0 saturated heterocycles. The zero-order valence-corrected chi connectivity index (χ0v) is 10.6. The van der Waals surface area contributed by atoms with Gasteiger partial charge in [-0.1, -0.05) is 38.1 Å². The third-order valence-electron chi connectivity index (χ3n) is 2.74. The zero-order valence-electron chi connectivity index (χ0n) is 10.6. The van der Waals surface area contributed by atoms with Crippen LogP contribution in [0.5, 0.6) is 0 Å². The summed E-state index contributed by atoms with van der Waals surface area (Å²) in [4.78, 5) is 11.0. The predicted molar refractivity (Wildman–Crippen MR) is 71.1 cm³/mol. The number of primary amides is 1. The molecule has 1 heterocycles. The van der Waals surface area contributed by atoms with E-state index >= 15 is 0 Å². The van der Waals surface area contributed by atoms with Crippen molar-refractivity contribution in [2.45, 2.75) is 20.3 Å². The van der Waals surface area contributed by atoms with Crippen LogP contribution >= 0.6 is 0 Å². The molecular formula is C14H17N3O. The number of aromatic nitrogens is 2. The van der Waals surface area contributed by atoms with Crippen LogP contribution in [-0.4, -0.2) is 16.1 Å². The van der Waals surface area contributed by atoms with E-state index < -0.39 is 5.91 Å². The van der Waals surface area contributed by atoms with E-state index in [2.05, 4.69) is 36.2 Å². The Morgan fingerprint density at radius 1 is 1.33 bits per heavy atom. The van der Waals surface area contributed by atoms with Gasteiger partial charge in [0.05, 0.1) is 5.69 Å². The Kier molecular flexibility index (Phi) is 3.46. The van der Waals surface area contributed by atoms with Gasteiger partial charge in [-0.15, -0.1) is 0 Å². The first kappa shape index (κ1) is 12.4. The molecule has 18 heavy (non-hydrogen) atoms. The first-order valence-corrected chi connectivity index (χ1v) is 6.01. The van der Waals surface area contributed by atoms with Crippen LogP contribution in [0.25, 0.3) is 11.3 Å². The van der Waals surface area contributed by atoms with Crippen LogP contribution in [0.2, 0.25) is 0 Å². The van der Waals surface area contributed by atoms with Crippen molar-refractivity contribution in [3.8, 4) is 11.3 Å². The van der Waals surface area contributed by atoms with Gasteiger partial charge in [0.1, 0.15) is 5.69 Å². The number of carbonyl (C=O) groups is 1. The second kappa shape index (κ2) is 5.04. The fourth-order valence-corrected chi connectivity index (χ4v) is 1.88. The molecule has 0 aliphatic heterocycles. The Hall–Kier alpha value is -2.10. The second-order valence-corrected chi connectivity index (χ2v) is 4.83. The highest BCUT2D eigenvalue weighted by atomic mass is 16.1. The summed E-state index contributed by atoms with van der Waals surface area (Å²) in [5, 5.41) is 6.70. The van der Waals surface area contributed by atoms with E-state index in [-0.39, 0.29) is 0 Å². The highest BCUT2D eigenvalue weighted by molar-refractivity contribution is 5.91. The number of hydrogen-bond acceptors (Lipinski definition) is 2. The van der Waals surface area contributed by atoms with Crippen molar-refractivity contribution in [2.75, 3.05) is 0 Å². The van der Waals surface area contributed by atoms with Crippen LogP contribution in [0, 0.1) is 5.92 Å². The molecule has 0 aliphatic carbocycles. The van der Waals surface area contributed by atoms with Crippen molar-refractivity contribution in [3.05, 3.63) is 41.6 Å². The Balaban J connectivity index is 2.20. The third-order valence-corrected chi connectivity index (χ3v) is 2.74. The van der Waals surface area contributed by atoms with Crippen LogP contribution < -0.4 is 5.73 Å². The summed E-state index contributed by atoms with van der Waals surface area (Å²) >= 11 is 0. The van der Waals surface area contributed by atoms with Crippen molar-refractivity contribution < 1.29 is 4.79 Å². The van der Waals surface area contributed by atoms with Gasteiger partial charge in [0.2, 0.25) is 0 Å². The van der Waals surface area contributed by atoms with E-state index in [1.54, 1.807) is 6.07 Å². The van der Waals surface area contributed by atoms with E-state index in [1.165, 1.54) is 5.56 Å². The first-order valence-electron chi connectivity index (χ1n) is 6.01. The lowest BCUT2D eigenvalue weighted by Gasteiger charge is -2.05. The summed E-state index contributed by atoms with van der Waals surface area (Å²) in [6, 6.07) is 9.87. The molecule has 0 bridgehead atoms. The molecule has 3 N–H and O–H groups in total. The van der Waals surface area contributed by atoms with E-state index in [9.17, 15) is 4.79 Å². The van der Waals surface area contributed by atoms with Gasteiger partial charge in [-0.05, 0) is 24.0 Å². The Morgan fingerprint density at radius 3 is 2.50 bits per heavy atom. The van der Waals surface area contributed by atoms with Crippen molar-refractivity contribution >= 4 is 5.91 Å². The Morgan fingerprint density at radius 2 is 2.00 bits per heavy atom. The fourth-order valence-electron chi connectivity index (χ4n) is 1.88. The Labute approximate surface area is 106 Å². The van der Waals surface area contributed by atoms with Crippen LogP contribution in [-0.2, 0) is 6.42 Å². The van der Waals surface area contributed by atoms with Gasteiger partial charge in [-0.3, -0.25) is 9.89 Å². The molecule has 0 unspecified atom stereocenters. The van der Waals surface area contributed by atoms with Gasteiger partial charge >= 0.3 is 0 Å². The largest absolute Gasteiger partial charge is 0.364 e. The molecule has 0 spiro atoms. The molecule has 0 radical (unpaired) electrons. The van der Waals surface area contributed by atoms with E-state index in [0.29, 0.717) is 11.6 Å². The van der Waals surface area contributed by atoms with Crippen molar-refractivity contribution in [3.63, 3.8) is 0 Å². The van der Waals surface area contributed by atoms with Crippen molar-refractivity contribution in [1.29, 1.82) is 0 Å². The van der Waals surface area contributed by atoms with Crippen LogP contribution in [0.1, 0.15) is 29.9 Å². The minimum Gasteiger partial charge on any atom is -0.364 e. The molecule has 2 aromatic rings. The molecule has 94 valence electrons. The summed E-state index contributed by atoms with van der Waals surface area (Å²) in [6.07, 6.45) is 1.06. The topological polar surface area (TPSA) is 71.8 Å². The zero-order chi connectivity index (χ0) is 13.1. The van der Waals surface area contributed by atoms with Gasteiger partial charge < -0.3 is 5.73 Å². The number of nitrogens with one attached hydrogen (secondary N) is 1. The molecule has 2 rings (SSSR count). The maximum Gasteiger partial charge on any atom is 0.266 e. The maximum absolute atomic E-state index is 11.0.